The number of fused-ring (bicyclic) bond motifs is 1. The molecule has 0 bridgehead atoms. The van der Waals surface area contributed by atoms with Gasteiger partial charge in [0.15, 0.2) is 0 Å². The Bertz CT molecular complexity index is 1100. The molecule has 0 saturated heterocycles. The van der Waals surface area contributed by atoms with Crippen LogP contribution in [0, 0.1) is 20.8 Å². The normalized spacial score (nSPS) is 15.3. The lowest BCUT2D eigenvalue weighted by Gasteiger charge is -2.28. The van der Waals surface area contributed by atoms with Crippen LogP contribution in [0.2, 0.25) is 0 Å². The minimum absolute atomic E-state index is 0.0562. The first-order valence-electron chi connectivity index (χ1n) is 9.24. The Morgan fingerprint density at radius 2 is 1.61 bits per heavy atom. The molecule has 28 heavy (non-hydrogen) atoms. The first kappa shape index (κ1) is 20.8. The molecule has 0 aromatic heterocycles. The van der Waals surface area contributed by atoms with Crippen molar-refractivity contribution in [2.24, 2.45) is 0 Å². The molecule has 0 atom stereocenters. The van der Waals surface area contributed by atoms with E-state index in [9.17, 15) is 16.8 Å². The molecule has 6 nitrogen and oxygen atoms in total. The molecule has 0 unspecified atom stereocenters. The summed E-state index contributed by atoms with van der Waals surface area (Å²) in [5, 5.41) is 0. The van der Waals surface area contributed by atoms with Crippen LogP contribution in [0.25, 0.3) is 0 Å². The molecule has 1 aliphatic heterocycles. The first-order valence-corrected chi connectivity index (χ1v) is 12.3. The summed E-state index contributed by atoms with van der Waals surface area (Å²) in [4.78, 5) is 0.283. The van der Waals surface area contributed by atoms with Gasteiger partial charge >= 0.3 is 0 Å². The number of anilines is 1. The number of hydrogen-bond acceptors (Lipinski definition) is 4. The van der Waals surface area contributed by atoms with Crippen LogP contribution in [0.3, 0.4) is 0 Å². The Hall–Kier alpha value is -1.90. The molecule has 8 heteroatoms. The Balaban J connectivity index is 1.92. The van der Waals surface area contributed by atoms with Crippen LogP contribution in [0.1, 0.15) is 34.7 Å². The fourth-order valence-corrected chi connectivity index (χ4v) is 6.39. The lowest BCUT2D eigenvalue weighted by molar-refractivity contribution is 0.392. The number of nitrogens with zero attached hydrogens (tertiary/aromatic N) is 1. The van der Waals surface area contributed by atoms with E-state index in [1.807, 2.05) is 25.1 Å². The summed E-state index contributed by atoms with van der Waals surface area (Å²) in [5.74, 6) is 0.0562. The first-order chi connectivity index (χ1) is 13.0. The Morgan fingerprint density at radius 3 is 2.21 bits per heavy atom. The minimum Gasteiger partial charge on any atom is -0.280 e. The fourth-order valence-electron chi connectivity index (χ4n) is 3.81. The molecule has 2 aromatic carbocycles. The van der Waals surface area contributed by atoms with Gasteiger partial charge in [0, 0.05) is 18.8 Å². The predicted octanol–water partition coefficient (Wildman–Crippen LogP) is 3.12. The molecule has 0 radical (unpaired) electrons. The van der Waals surface area contributed by atoms with Gasteiger partial charge in [-0.2, -0.15) is 4.31 Å². The summed E-state index contributed by atoms with van der Waals surface area (Å²) < 4.78 is 54.4. The van der Waals surface area contributed by atoms with Crippen molar-refractivity contribution < 1.29 is 16.8 Å². The van der Waals surface area contributed by atoms with E-state index in [1.165, 1.54) is 4.31 Å². The van der Waals surface area contributed by atoms with E-state index in [2.05, 4.69) is 4.72 Å². The summed E-state index contributed by atoms with van der Waals surface area (Å²) in [5.41, 5.74) is 4.73. The van der Waals surface area contributed by atoms with Crippen molar-refractivity contribution in [1.82, 2.24) is 4.31 Å². The van der Waals surface area contributed by atoms with Crippen LogP contribution in [-0.4, -0.2) is 33.4 Å². The van der Waals surface area contributed by atoms with Crippen molar-refractivity contribution in [3.05, 3.63) is 58.1 Å². The lowest BCUT2D eigenvalue weighted by atomic mass is 10.0. The van der Waals surface area contributed by atoms with Gasteiger partial charge in [0.25, 0.3) is 10.0 Å². The van der Waals surface area contributed by atoms with Gasteiger partial charge in [-0.3, -0.25) is 4.72 Å². The van der Waals surface area contributed by atoms with Gasteiger partial charge < -0.3 is 0 Å². The Kier molecular flexibility index (Phi) is 5.58. The summed E-state index contributed by atoms with van der Waals surface area (Å²) in [6.07, 6.45) is 0.623. The molecular formula is C20H26N2O4S2. The van der Waals surface area contributed by atoms with Gasteiger partial charge in [0.1, 0.15) is 0 Å². The maximum Gasteiger partial charge on any atom is 0.262 e. The predicted molar refractivity (Wildman–Crippen MR) is 111 cm³/mol. The van der Waals surface area contributed by atoms with Gasteiger partial charge in [-0.25, -0.2) is 16.8 Å². The van der Waals surface area contributed by atoms with E-state index >= 15 is 0 Å². The molecular weight excluding hydrogens is 396 g/mol. The maximum atomic E-state index is 13.0. The zero-order valence-corrected chi connectivity index (χ0v) is 18.2. The topological polar surface area (TPSA) is 83.6 Å². The van der Waals surface area contributed by atoms with Gasteiger partial charge in [-0.05, 0) is 68.5 Å². The highest BCUT2D eigenvalue weighted by atomic mass is 32.2. The molecule has 0 spiro atoms. The Labute approximate surface area is 167 Å². The average Bonchev–Trinajstić information content (AvgIpc) is 2.59. The second-order valence-corrected chi connectivity index (χ2v) is 11.2. The van der Waals surface area contributed by atoms with E-state index < -0.39 is 20.0 Å². The summed E-state index contributed by atoms with van der Waals surface area (Å²) in [7, 11) is -7.02. The highest BCUT2D eigenvalue weighted by molar-refractivity contribution is 7.92. The largest absolute Gasteiger partial charge is 0.280 e. The van der Waals surface area contributed by atoms with Crippen molar-refractivity contribution in [2.45, 2.75) is 45.6 Å². The van der Waals surface area contributed by atoms with Gasteiger partial charge in [0.05, 0.1) is 10.6 Å². The zero-order valence-electron chi connectivity index (χ0n) is 16.6. The van der Waals surface area contributed by atoms with Crippen molar-refractivity contribution in [3.8, 4) is 0 Å². The van der Waals surface area contributed by atoms with Crippen LogP contribution >= 0.6 is 0 Å². The third-order valence-corrected chi connectivity index (χ3v) is 8.58. The lowest BCUT2D eigenvalue weighted by Crippen LogP contribution is -2.36. The van der Waals surface area contributed by atoms with Crippen LogP contribution in [0.5, 0.6) is 0 Å². The standard InChI is InChI=1S/C20H26N2O4S2/c1-5-27(23,24)22-9-8-17-6-7-19(12-18(17)13-22)21-28(25,26)20-15(3)10-14(2)11-16(20)4/h6-7,10-12,21H,5,8-9,13H2,1-4H3. The van der Waals surface area contributed by atoms with Crippen LogP contribution in [0.4, 0.5) is 5.69 Å². The highest BCUT2D eigenvalue weighted by Gasteiger charge is 2.26. The Morgan fingerprint density at radius 1 is 0.964 bits per heavy atom. The molecule has 1 aliphatic rings. The molecule has 152 valence electrons. The van der Waals surface area contributed by atoms with Gasteiger partial charge in [-0.15, -0.1) is 0 Å². The molecule has 0 fully saturated rings. The second-order valence-electron chi connectivity index (χ2n) is 7.30. The van der Waals surface area contributed by atoms with Gasteiger partial charge in [0.2, 0.25) is 10.0 Å². The van der Waals surface area contributed by atoms with Gasteiger partial charge in [-0.1, -0.05) is 23.8 Å². The van der Waals surface area contributed by atoms with E-state index in [4.69, 9.17) is 0 Å². The molecule has 0 aliphatic carbocycles. The van der Waals surface area contributed by atoms with Crippen LogP contribution < -0.4 is 4.72 Å². The number of rotatable bonds is 5. The van der Waals surface area contributed by atoms with Crippen LogP contribution in [0.15, 0.2) is 35.2 Å². The van der Waals surface area contributed by atoms with E-state index in [1.54, 1.807) is 32.9 Å². The summed E-state index contributed by atoms with van der Waals surface area (Å²) >= 11 is 0. The monoisotopic (exact) mass is 422 g/mol. The van der Waals surface area contributed by atoms with Crippen LogP contribution in [-0.2, 0) is 33.0 Å². The molecule has 3 rings (SSSR count). The third kappa shape index (κ3) is 4.09. The number of hydrogen-bond donors (Lipinski definition) is 1. The fraction of sp³-hybridized carbons (Fsp3) is 0.400. The smallest absolute Gasteiger partial charge is 0.262 e. The van der Waals surface area contributed by atoms with Crippen molar-refractivity contribution in [1.29, 1.82) is 0 Å². The molecule has 0 amide bonds. The van der Waals surface area contributed by atoms with E-state index in [0.29, 0.717) is 29.8 Å². The molecule has 1 N–H and O–H groups in total. The number of aryl methyl sites for hydroxylation is 3. The molecule has 2 aromatic rings. The number of sulfonamides is 2. The highest BCUT2D eigenvalue weighted by Crippen LogP contribution is 2.28. The molecule has 1 heterocycles. The zero-order chi connectivity index (χ0) is 20.7. The quantitative estimate of drug-likeness (QED) is 0.802. The van der Waals surface area contributed by atoms with Crippen molar-refractivity contribution in [3.63, 3.8) is 0 Å². The molecule has 0 saturated carbocycles. The number of benzene rings is 2. The SMILES string of the molecule is CCS(=O)(=O)N1CCc2ccc(NS(=O)(=O)c3c(C)cc(C)cc3C)cc2C1. The van der Waals surface area contributed by atoms with E-state index in [-0.39, 0.29) is 17.2 Å². The van der Waals surface area contributed by atoms with E-state index in [0.717, 1.165) is 16.7 Å². The van der Waals surface area contributed by atoms with Crippen molar-refractivity contribution in [2.75, 3.05) is 17.0 Å². The maximum absolute atomic E-state index is 13.0. The second kappa shape index (κ2) is 7.50. The summed E-state index contributed by atoms with van der Waals surface area (Å²) in [6.45, 7) is 7.86. The third-order valence-electron chi connectivity index (χ3n) is 5.07. The average molecular weight is 423 g/mol. The summed E-state index contributed by atoms with van der Waals surface area (Å²) in [6, 6.07) is 9.05. The van der Waals surface area contributed by atoms with Crippen molar-refractivity contribution >= 4 is 25.7 Å². The minimum atomic E-state index is -3.75. The number of nitrogens with one attached hydrogen (secondary N) is 1.